The van der Waals surface area contributed by atoms with Crippen LogP contribution in [0.2, 0.25) is 0 Å². The monoisotopic (exact) mass is 214 g/mol. The lowest BCUT2D eigenvalue weighted by Crippen LogP contribution is -2.35. The van der Waals surface area contributed by atoms with E-state index in [1.54, 1.807) is 0 Å². The maximum Gasteiger partial charge on any atom is 0.160 e. The molecule has 0 saturated carbocycles. The summed E-state index contributed by atoms with van der Waals surface area (Å²) in [6.07, 6.45) is 7.54. The van der Waals surface area contributed by atoms with Gasteiger partial charge < -0.3 is 0 Å². The van der Waals surface area contributed by atoms with E-state index in [1.807, 2.05) is 0 Å². The molecule has 1 fully saturated rings. The average Bonchev–Trinajstić information content (AvgIpc) is 2.13. The summed E-state index contributed by atoms with van der Waals surface area (Å²) in [5.74, 6) is 2.30. The van der Waals surface area contributed by atoms with Crippen LogP contribution in [-0.2, 0) is 14.6 Å². The number of Topliss-reactive ketones (excluding diaryl/α,β-unsaturated/α-hetero) is 1. The predicted octanol–water partition coefficient (Wildman–Crippen LogP) is 0.936. The van der Waals surface area contributed by atoms with Gasteiger partial charge in [-0.3, -0.25) is 4.79 Å². The van der Waals surface area contributed by atoms with E-state index in [-0.39, 0.29) is 18.0 Å². The van der Waals surface area contributed by atoms with Crippen LogP contribution in [0, 0.1) is 12.3 Å². The fourth-order valence-electron chi connectivity index (χ4n) is 1.67. The van der Waals surface area contributed by atoms with Crippen molar-refractivity contribution in [2.75, 3.05) is 5.75 Å². The standard InChI is InChI=1S/C10H14O3S/c1-2-3-6-9(11)10-7-4-5-8-14(10,12)13/h1,10H,3-8H2. The number of rotatable bonds is 3. The molecule has 0 aliphatic carbocycles. The maximum absolute atomic E-state index is 11.5. The second kappa shape index (κ2) is 4.61. The number of sulfone groups is 1. The third kappa shape index (κ3) is 2.58. The fraction of sp³-hybridized carbons (Fsp3) is 0.700. The van der Waals surface area contributed by atoms with Gasteiger partial charge in [0, 0.05) is 12.8 Å². The molecule has 1 unspecified atom stereocenters. The summed E-state index contributed by atoms with van der Waals surface area (Å²) in [5, 5.41) is -0.774. The maximum atomic E-state index is 11.5. The van der Waals surface area contributed by atoms with Crippen molar-refractivity contribution in [1.82, 2.24) is 0 Å². The summed E-state index contributed by atoms with van der Waals surface area (Å²) in [6, 6.07) is 0. The van der Waals surface area contributed by atoms with Gasteiger partial charge in [0.15, 0.2) is 15.6 Å². The highest BCUT2D eigenvalue weighted by Crippen LogP contribution is 2.21. The van der Waals surface area contributed by atoms with Gasteiger partial charge in [-0.2, -0.15) is 0 Å². The lowest BCUT2D eigenvalue weighted by atomic mass is 10.1. The number of terminal acetylenes is 1. The average molecular weight is 214 g/mol. The summed E-state index contributed by atoms with van der Waals surface area (Å²) >= 11 is 0. The van der Waals surface area contributed by atoms with Crippen molar-refractivity contribution in [2.24, 2.45) is 0 Å². The topological polar surface area (TPSA) is 51.2 Å². The van der Waals surface area contributed by atoms with Gasteiger partial charge in [-0.05, 0) is 12.8 Å². The number of ketones is 1. The zero-order valence-electron chi connectivity index (χ0n) is 8.03. The highest BCUT2D eigenvalue weighted by molar-refractivity contribution is 7.92. The van der Waals surface area contributed by atoms with Crippen LogP contribution in [-0.4, -0.2) is 25.2 Å². The van der Waals surface area contributed by atoms with Crippen molar-refractivity contribution in [3.8, 4) is 12.3 Å². The van der Waals surface area contributed by atoms with E-state index < -0.39 is 15.1 Å². The van der Waals surface area contributed by atoms with Crippen LogP contribution in [0.15, 0.2) is 0 Å². The molecule has 0 radical (unpaired) electrons. The van der Waals surface area contributed by atoms with Crippen molar-refractivity contribution < 1.29 is 13.2 Å². The zero-order valence-corrected chi connectivity index (χ0v) is 8.85. The molecule has 1 rings (SSSR count). The van der Waals surface area contributed by atoms with Crippen LogP contribution in [0.1, 0.15) is 32.1 Å². The Morgan fingerprint density at radius 3 is 2.71 bits per heavy atom. The molecule has 0 spiro atoms. The van der Waals surface area contributed by atoms with Crippen LogP contribution in [0.25, 0.3) is 0 Å². The van der Waals surface area contributed by atoms with Crippen molar-refractivity contribution in [1.29, 1.82) is 0 Å². The van der Waals surface area contributed by atoms with E-state index in [0.717, 1.165) is 6.42 Å². The van der Waals surface area contributed by atoms with Crippen LogP contribution >= 0.6 is 0 Å². The second-order valence-electron chi connectivity index (χ2n) is 3.52. The summed E-state index contributed by atoms with van der Waals surface area (Å²) in [7, 11) is -3.17. The Morgan fingerprint density at radius 1 is 1.43 bits per heavy atom. The molecule has 0 amide bonds. The number of carbonyl (C=O) groups excluding carboxylic acids is 1. The number of carbonyl (C=O) groups is 1. The molecule has 1 heterocycles. The predicted molar refractivity (Wildman–Crippen MR) is 54.5 cm³/mol. The molecule has 14 heavy (non-hydrogen) atoms. The van der Waals surface area contributed by atoms with Gasteiger partial charge in [-0.25, -0.2) is 8.42 Å². The molecular formula is C10H14O3S. The first-order chi connectivity index (χ1) is 6.58. The van der Waals surface area contributed by atoms with Crippen LogP contribution in [0.4, 0.5) is 0 Å². The molecule has 0 bridgehead atoms. The third-order valence-electron chi connectivity index (χ3n) is 2.45. The minimum atomic E-state index is -3.17. The van der Waals surface area contributed by atoms with Crippen molar-refractivity contribution >= 4 is 15.6 Å². The quantitative estimate of drug-likeness (QED) is 0.657. The van der Waals surface area contributed by atoms with Gasteiger partial charge in [0.05, 0.1) is 5.75 Å². The Bertz CT molecular complexity index is 348. The van der Waals surface area contributed by atoms with Gasteiger partial charge in [-0.1, -0.05) is 6.42 Å². The molecule has 0 aromatic carbocycles. The molecule has 1 aliphatic heterocycles. The number of hydrogen-bond acceptors (Lipinski definition) is 3. The first kappa shape index (κ1) is 11.3. The first-order valence-corrected chi connectivity index (χ1v) is 6.47. The fourth-order valence-corrected chi connectivity index (χ4v) is 3.61. The van der Waals surface area contributed by atoms with Crippen molar-refractivity contribution in [3.63, 3.8) is 0 Å². The molecule has 0 aromatic heterocycles. The minimum Gasteiger partial charge on any atom is -0.298 e. The van der Waals surface area contributed by atoms with Gasteiger partial charge in [0.2, 0.25) is 0 Å². The van der Waals surface area contributed by atoms with Crippen LogP contribution in [0.5, 0.6) is 0 Å². The van der Waals surface area contributed by atoms with E-state index in [9.17, 15) is 13.2 Å². The van der Waals surface area contributed by atoms with E-state index >= 15 is 0 Å². The Morgan fingerprint density at radius 2 is 2.14 bits per heavy atom. The Balaban J connectivity index is 2.66. The summed E-state index contributed by atoms with van der Waals surface area (Å²) < 4.78 is 23.0. The highest BCUT2D eigenvalue weighted by atomic mass is 32.2. The summed E-state index contributed by atoms with van der Waals surface area (Å²) in [6.45, 7) is 0. The van der Waals surface area contributed by atoms with Crippen LogP contribution in [0.3, 0.4) is 0 Å². The van der Waals surface area contributed by atoms with E-state index in [1.165, 1.54) is 0 Å². The zero-order chi connectivity index (χ0) is 10.6. The molecule has 78 valence electrons. The minimum absolute atomic E-state index is 0.152. The molecule has 0 N–H and O–H groups in total. The van der Waals surface area contributed by atoms with Gasteiger partial charge >= 0.3 is 0 Å². The van der Waals surface area contributed by atoms with Crippen molar-refractivity contribution in [3.05, 3.63) is 0 Å². The summed E-state index contributed by atoms with van der Waals surface area (Å²) in [4.78, 5) is 11.5. The Kier molecular flexibility index (Phi) is 3.70. The van der Waals surface area contributed by atoms with Gasteiger partial charge in [-0.15, -0.1) is 12.3 Å². The normalized spacial score (nSPS) is 25.2. The molecule has 1 saturated heterocycles. The lowest BCUT2D eigenvalue weighted by molar-refractivity contribution is -0.118. The largest absolute Gasteiger partial charge is 0.298 e. The van der Waals surface area contributed by atoms with E-state index in [2.05, 4.69) is 5.92 Å². The van der Waals surface area contributed by atoms with E-state index in [4.69, 9.17) is 6.42 Å². The second-order valence-corrected chi connectivity index (χ2v) is 5.82. The molecule has 3 nitrogen and oxygen atoms in total. The number of hydrogen-bond donors (Lipinski definition) is 0. The van der Waals surface area contributed by atoms with E-state index in [0.29, 0.717) is 19.3 Å². The smallest absolute Gasteiger partial charge is 0.160 e. The highest BCUT2D eigenvalue weighted by Gasteiger charge is 2.33. The van der Waals surface area contributed by atoms with Crippen molar-refractivity contribution in [2.45, 2.75) is 37.4 Å². The first-order valence-electron chi connectivity index (χ1n) is 4.75. The Hall–Kier alpha value is -0.820. The van der Waals surface area contributed by atoms with Gasteiger partial charge in [0.25, 0.3) is 0 Å². The molecule has 1 atom stereocenters. The SMILES string of the molecule is C#CCCC(=O)C1CCCCS1(=O)=O. The Labute approximate surface area is 84.8 Å². The summed E-state index contributed by atoms with van der Waals surface area (Å²) in [5.41, 5.74) is 0. The lowest BCUT2D eigenvalue weighted by Gasteiger charge is -2.20. The van der Waals surface area contributed by atoms with Gasteiger partial charge in [0.1, 0.15) is 5.25 Å². The molecule has 0 aromatic rings. The van der Waals surface area contributed by atoms with Crippen LogP contribution < -0.4 is 0 Å². The molecule has 4 heteroatoms. The molecule has 1 aliphatic rings. The molecular weight excluding hydrogens is 200 g/mol. The third-order valence-corrected chi connectivity index (χ3v) is 4.68.